The lowest BCUT2D eigenvalue weighted by Gasteiger charge is -2.09. The van der Waals surface area contributed by atoms with Crippen LogP contribution in [-0.4, -0.2) is 42.0 Å². The van der Waals surface area contributed by atoms with Crippen molar-refractivity contribution in [1.29, 1.82) is 0 Å². The van der Waals surface area contributed by atoms with E-state index in [9.17, 15) is 9.59 Å². The van der Waals surface area contributed by atoms with Crippen LogP contribution in [0.1, 0.15) is 19.8 Å². The molecule has 1 aromatic rings. The number of nitrogens with one attached hydrogen (secondary N) is 2. The Morgan fingerprint density at radius 1 is 1.44 bits per heavy atom. The number of hydrogen-bond donors (Lipinski definition) is 2. The second-order valence-electron chi connectivity index (χ2n) is 5.19. The fraction of sp³-hybridized carbons (Fsp3) is 0.438. The van der Waals surface area contributed by atoms with Gasteiger partial charge in [0.25, 0.3) is 0 Å². The largest absolute Gasteiger partial charge is 0.382 e. The van der Waals surface area contributed by atoms with E-state index in [0.29, 0.717) is 35.6 Å². The van der Waals surface area contributed by atoms with Gasteiger partial charge in [0.2, 0.25) is 11.8 Å². The molecule has 1 aliphatic heterocycles. The third-order valence-corrected chi connectivity index (χ3v) is 5.22. The zero-order valence-electron chi connectivity index (χ0n) is 13.7. The monoisotopic (exact) mass is 403 g/mol. The molecule has 0 aliphatic carbocycles. The molecule has 1 aromatic carbocycles. The molecule has 0 unspecified atom stereocenters. The minimum atomic E-state index is -0.511. The van der Waals surface area contributed by atoms with Crippen LogP contribution in [0.5, 0.6) is 0 Å². The number of benzene rings is 1. The highest BCUT2D eigenvalue weighted by Gasteiger charge is 2.32. The molecule has 136 valence electrons. The third-order valence-electron chi connectivity index (χ3n) is 3.28. The van der Waals surface area contributed by atoms with E-state index in [1.807, 2.05) is 6.92 Å². The summed E-state index contributed by atoms with van der Waals surface area (Å²) in [6.07, 6.45) is 0.809. The van der Waals surface area contributed by atoms with Crippen molar-refractivity contribution in [2.45, 2.75) is 25.0 Å². The van der Waals surface area contributed by atoms with Crippen molar-refractivity contribution in [3.63, 3.8) is 0 Å². The maximum absolute atomic E-state index is 12.2. The van der Waals surface area contributed by atoms with Crippen LogP contribution in [0.3, 0.4) is 0 Å². The van der Waals surface area contributed by atoms with Gasteiger partial charge in [-0.05, 0) is 25.5 Å². The molecule has 2 rings (SSSR count). The maximum Gasteiger partial charge on any atom is 0.240 e. The van der Waals surface area contributed by atoms with Gasteiger partial charge in [-0.15, -0.1) is 0 Å². The quantitative estimate of drug-likeness (QED) is 0.652. The van der Waals surface area contributed by atoms with E-state index in [-0.39, 0.29) is 23.3 Å². The number of nitrogens with zero attached hydrogens (tertiary/aromatic N) is 1. The van der Waals surface area contributed by atoms with Gasteiger partial charge in [-0.3, -0.25) is 14.6 Å². The molecular weight excluding hydrogens is 385 g/mol. The van der Waals surface area contributed by atoms with Gasteiger partial charge in [0, 0.05) is 26.2 Å². The van der Waals surface area contributed by atoms with Crippen molar-refractivity contribution in [3.05, 3.63) is 28.2 Å². The summed E-state index contributed by atoms with van der Waals surface area (Å²) in [6.45, 7) is 3.82. The van der Waals surface area contributed by atoms with Gasteiger partial charge in [0.05, 0.1) is 15.7 Å². The fourth-order valence-electron chi connectivity index (χ4n) is 2.08. The lowest BCUT2D eigenvalue weighted by Crippen LogP contribution is -2.28. The second-order valence-corrected chi connectivity index (χ2v) is 7.16. The number of hydrogen-bond acceptors (Lipinski definition) is 5. The summed E-state index contributed by atoms with van der Waals surface area (Å²) in [5.41, 5.74) is 0.424. The molecular formula is C16H19Cl2N3O3S. The first-order valence-electron chi connectivity index (χ1n) is 7.84. The van der Waals surface area contributed by atoms with E-state index in [1.165, 1.54) is 11.8 Å². The number of aliphatic imine (C=N–C) groups is 1. The molecule has 0 bridgehead atoms. The molecule has 0 radical (unpaired) electrons. The van der Waals surface area contributed by atoms with Crippen LogP contribution < -0.4 is 10.6 Å². The molecule has 1 saturated heterocycles. The average molecular weight is 404 g/mol. The Morgan fingerprint density at radius 2 is 2.24 bits per heavy atom. The van der Waals surface area contributed by atoms with Gasteiger partial charge in [0.1, 0.15) is 5.25 Å². The van der Waals surface area contributed by atoms with Crippen molar-refractivity contribution < 1.29 is 14.3 Å². The predicted octanol–water partition coefficient (Wildman–Crippen LogP) is 3.34. The summed E-state index contributed by atoms with van der Waals surface area (Å²) >= 11 is 13.2. The first kappa shape index (κ1) is 20.0. The smallest absolute Gasteiger partial charge is 0.240 e. The topological polar surface area (TPSA) is 79.8 Å². The van der Waals surface area contributed by atoms with E-state index in [1.54, 1.807) is 18.2 Å². The van der Waals surface area contributed by atoms with Gasteiger partial charge in [-0.1, -0.05) is 41.0 Å². The Balaban J connectivity index is 1.83. The predicted molar refractivity (Wildman–Crippen MR) is 103 cm³/mol. The SMILES string of the molecule is CCOCCCN=C1NC(=O)[C@@H](CC(=O)Nc2cccc(Cl)c2Cl)S1. The fourth-order valence-corrected chi connectivity index (χ4v) is 3.42. The summed E-state index contributed by atoms with van der Waals surface area (Å²) in [6, 6.07) is 4.97. The molecule has 25 heavy (non-hydrogen) atoms. The number of ether oxygens (including phenoxy) is 1. The first-order chi connectivity index (χ1) is 12.0. The summed E-state index contributed by atoms with van der Waals surface area (Å²) in [4.78, 5) is 28.4. The first-order valence-corrected chi connectivity index (χ1v) is 9.48. The average Bonchev–Trinajstić information content (AvgIpc) is 2.91. The minimum absolute atomic E-state index is 0.0251. The Morgan fingerprint density at radius 3 is 3.00 bits per heavy atom. The number of anilines is 1. The number of carbonyl (C=O) groups is 2. The van der Waals surface area contributed by atoms with Crippen molar-refractivity contribution in [2.75, 3.05) is 25.1 Å². The van der Waals surface area contributed by atoms with E-state index in [0.717, 1.165) is 6.42 Å². The van der Waals surface area contributed by atoms with E-state index >= 15 is 0 Å². The zero-order chi connectivity index (χ0) is 18.2. The molecule has 9 heteroatoms. The van der Waals surface area contributed by atoms with Crippen LogP contribution in [0.15, 0.2) is 23.2 Å². The van der Waals surface area contributed by atoms with E-state index < -0.39 is 5.25 Å². The highest BCUT2D eigenvalue weighted by atomic mass is 35.5. The number of amides is 2. The number of rotatable bonds is 8. The molecule has 2 amide bonds. The van der Waals surface area contributed by atoms with Gasteiger partial charge in [-0.2, -0.15) is 0 Å². The molecule has 6 nitrogen and oxygen atoms in total. The van der Waals surface area contributed by atoms with E-state index in [4.69, 9.17) is 27.9 Å². The van der Waals surface area contributed by atoms with Crippen LogP contribution in [0.2, 0.25) is 10.0 Å². The molecule has 2 N–H and O–H groups in total. The van der Waals surface area contributed by atoms with Crippen LogP contribution >= 0.6 is 35.0 Å². The summed E-state index contributed by atoms with van der Waals surface area (Å²) in [7, 11) is 0. The highest BCUT2D eigenvalue weighted by Crippen LogP contribution is 2.30. The molecule has 1 aliphatic rings. The lowest BCUT2D eigenvalue weighted by molar-refractivity contribution is -0.122. The number of carbonyl (C=O) groups excluding carboxylic acids is 2. The Hall–Kier alpha value is -1.28. The van der Waals surface area contributed by atoms with E-state index in [2.05, 4.69) is 15.6 Å². The Labute approximate surface area is 160 Å². The van der Waals surface area contributed by atoms with Gasteiger partial charge >= 0.3 is 0 Å². The number of amidine groups is 1. The molecule has 1 atom stereocenters. The molecule has 1 fully saturated rings. The Kier molecular flexibility index (Phi) is 8.02. The molecule has 1 heterocycles. The normalized spacial score (nSPS) is 18.4. The number of thioether (sulfide) groups is 1. The Bertz CT molecular complexity index is 670. The minimum Gasteiger partial charge on any atom is -0.382 e. The molecule has 0 spiro atoms. The summed E-state index contributed by atoms with van der Waals surface area (Å²) in [5, 5.41) is 6.03. The van der Waals surface area contributed by atoms with Crippen LogP contribution in [0.4, 0.5) is 5.69 Å². The summed E-state index contributed by atoms with van der Waals surface area (Å²) < 4.78 is 5.23. The molecule has 0 aromatic heterocycles. The van der Waals surface area contributed by atoms with Crippen LogP contribution in [0, 0.1) is 0 Å². The summed E-state index contributed by atoms with van der Waals surface area (Å²) in [5.74, 6) is -0.532. The van der Waals surface area contributed by atoms with Gasteiger partial charge < -0.3 is 15.4 Å². The zero-order valence-corrected chi connectivity index (χ0v) is 16.0. The molecule has 0 saturated carbocycles. The van der Waals surface area contributed by atoms with Gasteiger partial charge in [-0.25, -0.2) is 0 Å². The van der Waals surface area contributed by atoms with Crippen molar-refractivity contribution in [2.24, 2.45) is 4.99 Å². The van der Waals surface area contributed by atoms with Crippen molar-refractivity contribution >= 4 is 57.6 Å². The van der Waals surface area contributed by atoms with Crippen molar-refractivity contribution in [3.8, 4) is 0 Å². The lowest BCUT2D eigenvalue weighted by atomic mass is 10.2. The van der Waals surface area contributed by atoms with Crippen molar-refractivity contribution in [1.82, 2.24) is 5.32 Å². The van der Waals surface area contributed by atoms with Crippen LogP contribution in [0.25, 0.3) is 0 Å². The third kappa shape index (κ3) is 6.18. The van der Waals surface area contributed by atoms with Gasteiger partial charge in [0.15, 0.2) is 5.17 Å². The van der Waals surface area contributed by atoms with Crippen LogP contribution in [-0.2, 0) is 14.3 Å². The maximum atomic E-state index is 12.2. The number of halogens is 2. The second kappa shape index (κ2) is 10.0. The highest BCUT2D eigenvalue weighted by molar-refractivity contribution is 8.15. The standard InChI is InChI=1S/C16H19Cl2N3O3S/c1-2-24-8-4-7-19-16-21-15(23)12(25-16)9-13(22)20-11-6-3-5-10(17)14(11)18/h3,5-6,12H,2,4,7-9H2,1H3,(H,20,22)(H,19,21,23)/t12-/m1/s1.